The van der Waals surface area contributed by atoms with E-state index in [9.17, 15) is 4.79 Å². The lowest BCUT2D eigenvalue weighted by atomic mass is 9.88. The molecule has 6 rings (SSSR count). The predicted octanol–water partition coefficient (Wildman–Crippen LogP) is 8.58. The second-order valence-corrected chi connectivity index (χ2v) is 13.5. The molecule has 0 spiro atoms. The Morgan fingerprint density at radius 2 is 1.39 bits per heavy atom. The molecule has 0 saturated carbocycles. The molecule has 5 aromatic rings. The van der Waals surface area contributed by atoms with Crippen LogP contribution in [0.4, 0.5) is 0 Å². The third-order valence-corrected chi connectivity index (χ3v) is 10.2. The van der Waals surface area contributed by atoms with Gasteiger partial charge < -0.3 is 14.2 Å². The van der Waals surface area contributed by atoms with Crippen LogP contribution in [0.25, 0.3) is 0 Å². The molecule has 5 heteroatoms. The number of likely N-dealkylation sites (N-methyl/N-ethyl adjacent to an activating group) is 1. The van der Waals surface area contributed by atoms with Gasteiger partial charge in [-0.2, -0.15) is 0 Å². The summed E-state index contributed by atoms with van der Waals surface area (Å²) in [5.41, 5.74) is 12.4. The quantitative estimate of drug-likeness (QED) is 0.0977. The molecule has 0 amide bonds. The third-order valence-electron chi connectivity index (χ3n) is 10.2. The highest BCUT2D eigenvalue weighted by atomic mass is 16.6. The van der Waals surface area contributed by atoms with Crippen molar-refractivity contribution in [3.05, 3.63) is 171 Å². The number of hydrogen-bond donors (Lipinski definition) is 0. The summed E-state index contributed by atoms with van der Waals surface area (Å²) in [6, 6.07) is 43.9. The Morgan fingerprint density at radius 1 is 0.725 bits per heavy atom. The fourth-order valence-corrected chi connectivity index (χ4v) is 7.36. The summed E-state index contributed by atoms with van der Waals surface area (Å²) >= 11 is 0. The Bertz CT molecular complexity index is 1840. The lowest BCUT2D eigenvalue weighted by Gasteiger charge is -2.31. The average Bonchev–Trinajstić information content (AvgIpc) is 3.33. The molecular weight excluding hydrogens is 631 g/mol. The van der Waals surface area contributed by atoms with Crippen molar-refractivity contribution in [2.45, 2.75) is 64.0 Å². The maximum Gasteiger partial charge on any atom is 0.335 e. The molecule has 5 aromatic carbocycles. The zero-order chi connectivity index (χ0) is 35.4. The molecule has 51 heavy (non-hydrogen) atoms. The lowest BCUT2D eigenvalue weighted by Crippen LogP contribution is -2.30. The molecule has 2 unspecified atom stereocenters. The molecule has 2 atom stereocenters. The predicted molar refractivity (Wildman–Crippen MR) is 206 cm³/mol. The summed E-state index contributed by atoms with van der Waals surface area (Å²) in [6.07, 6.45) is 6.04. The average molecular weight is 682 g/mol. The summed E-state index contributed by atoms with van der Waals surface area (Å²) < 4.78 is 16.8. The van der Waals surface area contributed by atoms with E-state index in [0.717, 1.165) is 56.4 Å². The van der Waals surface area contributed by atoms with Crippen LogP contribution in [0.15, 0.2) is 121 Å². The highest BCUT2D eigenvalue weighted by Crippen LogP contribution is 2.38. The van der Waals surface area contributed by atoms with Gasteiger partial charge in [0.2, 0.25) is 0 Å². The summed E-state index contributed by atoms with van der Waals surface area (Å²) in [5, 5.41) is 0. The number of fused-ring (bicyclic) bond motifs is 2. The van der Waals surface area contributed by atoms with Crippen LogP contribution in [-0.4, -0.2) is 50.9 Å². The first kappa shape index (κ1) is 36.1. The van der Waals surface area contributed by atoms with Crippen LogP contribution in [0.2, 0.25) is 0 Å². The van der Waals surface area contributed by atoms with Crippen molar-refractivity contribution in [3.8, 4) is 5.75 Å². The molecule has 1 aliphatic carbocycles. The largest absolute Gasteiger partial charge is 0.492 e. The molecule has 0 aliphatic heterocycles. The zero-order valence-electron chi connectivity index (χ0n) is 30.4. The standard InChI is InChI=1S/C46H51NO4/c1-4-50-46(48)44(49-3)33-37-22-27-40(28-23-37)51-31-30-47(2)45-42-17-11-16-38(24-20-35-14-9-6-10-15-35)41(42)29-26-39-25-21-36(32-43(39)45)19-18-34-12-7-5-8-13-34/h5-17,21-23,25,27-28,32,44-45H,4,18-20,24,26,29-31,33H2,1-3H3. The Labute approximate surface area is 304 Å². The maximum absolute atomic E-state index is 12.2. The van der Waals surface area contributed by atoms with Crippen molar-refractivity contribution < 1.29 is 19.0 Å². The molecule has 0 saturated heterocycles. The normalized spacial score (nSPS) is 14.3. The molecule has 264 valence electrons. The van der Waals surface area contributed by atoms with Crippen LogP contribution < -0.4 is 4.74 Å². The van der Waals surface area contributed by atoms with E-state index in [1.807, 2.05) is 24.3 Å². The van der Waals surface area contributed by atoms with Gasteiger partial charge in [-0.3, -0.25) is 4.90 Å². The van der Waals surface area contributed by atoms with Gasteiger partial charge in [0.15, 0.2) is 6.10 Å². The number of carbonyl (C=O) groups is 1. The van der Waals surface area contributed by atoms with Crippen LogP contribution in [0.1, 0.15) is 63.0 Å². The van der Waals surface area contributed by atoms with E-state index in [1.54, 1.807) is 6.92 Å². The van der Waals surface area contributed by atoms with Crippen LogP contribution in [0.3, 0.4) is 0 Å². The Hall–Kier alpha value is -4.71. The summed E-state index contributed by atoms with van der Waals surface area (Å²) in [7, 11) is 3.78. The molecule has 0 radical (unpaired) electrons. The molecule has 5 nitrogen and oxygen atoms in total. The van der Waals surface area contributed by atoms with Gasteiger partial charge in [-0.1, -0.05) is 109 Å². The number of rotatable bonds is 16. The van der Waals surface area contributed by atoms with Gasteiger partial charge in [-0.05, 0) is 115 Å². The Balaban J connectivity index is 1.20. The molecule has 0 N–H and O–H groups in total. The molecule has 1 aliphatic rings. The Morgan fingerprint density at radius 3 is 2.08 bits per heavy atom. The van der Waals surface area contributed by atoms with Gasteiger partial charge in [0.25, 0.3) is 0 Å². The van der Waals surface area contributed by atoms with Crippen molar-refractivity contribution in [1.82, 2.24) is 4.90 Å². The maximum atomic E-state index is 12.2. The van der Waals surface area contributed by atoms with E-state index in [-0.39, 0.29) is 12.0 Å². The van der Waals surface area contributed by atoms with Crippen molar-refractivity contribution in [2.24, 2.45) is 0 Å². The minimum Gasteiger partial charge on any atom is -0.492 e. The van der Waals surface area contributed by atoms with Crippen LogP contribution in [-0.2, 0) is 59.2 Å². The van der Waals surface area contributed by atoms with E-state index in [4.69, 9.17) is 14.2 Å². The highest BCUT2D eigenvalue weighted by molar-refractivity contribution is 5.75. The smallest absolute Gasteiger partial charge is 0.335 e. The summed E-state index contributed by atoms with van der Waals surface area (Å²) in [5.74, 6) is 0.474. The lowest BCUT2D eigenvalue weighted by molar-refractivity contribution is -0.154. The van der Waals surface area contributed by atoms with Gasteiger partial charge in [-0.25, -0.2) is 4.79 Å². The van der Waals surface area contributed by atoms with E-state index in [0.29, 0.717) is 19.6 Å². The molecule has 0 bridgehead atoms. The van der Waals surface area contributed by atoms with Crippen LogP contribution >= 0.6 is 0 Å². The second kappa shape index (κ2) is 18.0. The summed E-state index contributed by atoms with van der Waals surface area (Å²) in [6.45, 7) is 3.46. The number of aryl methyl sites for hydroxylation is 5. The fourth-order valence-electron chi connectivity index (χ4n) is 7.36. The van der Waals surface area contributed by atoms with Gasteiger partial charge in [0.1, 0.15) is 12.4 Å². The van der Waals surface area contributed by atoms with Crippen molar-refractivity contribution in [3.63, 3.8) is 0 Å². The third kappa shape index (κ3) is 9.55. The number of hydrogen-bond acceptors (Lipinski definition) is 5. The first-order valence-corrected chi connectivity index (χ1v) is 18.4. The number of ether oxygens (including phenoxy) is 3. The van der Waals surface area contributed by atoms with Crippen molar-refractivity contribution in [1.29, 1.82) is 0 Å². The van der Waals surface area contributed by atoms with E-state index in [2.05, 4.69) is 109 Å². The van der Waals surface area contributed by atoms with Crippen LogP contribution in [0, 0.1) is 0 Å². The number of nitrogens with zero attached hydrogens (tertiary/aromatic N) is 1. The number of methoxy groups -OCH3 is 1. The van der Waals surface area contributed by atoms with Gasteiger partial charge >= 0.3 is 5.97 Å². The Kier molecular flexibility index (Phi) is 12.7. The number of benzene rings is 5. The fraction of sp³-hybridized carbons (Fsp3) is 0.326. The van der Waals surface area contributed by atoms with Crippen LogP contribution in [0.5, 0.6) is 5.75 Å². The second-order valence-electron chi connectivity index (χ2n) is 13.5. The topological polar surface area (TPSA) is 48.0 Å². The minimum absolute atomic E-state index is 0.130. The SMILES string of the molecule is CCOC(=O)C(Cc1ccc(OCCN(C)C2c3cc(CCc4ccccc4)ccc3CCc3c(CCc4ccccc4)cccc32)cc1)OC. The minimum atomic E-state index is -0.617. The molecule has 0 aromatic heterocycles. The van der Waals surface area contributed by atoms with E-state index < -0.39 is 6.10 Å². The molecule has 0 fully saturated rings. The molecular formula is C46H51NO4. The van der Waals surface area contributed by atoms with E-state index in [1.165, 1.54) is 51.6 Å². The first-order chi connectivity index (χ1) is 25.0. The highest BCUT2D eigenvalue weighted by Gasteiger charge is 2.28. The van der Waals surface area contributed by atoms with Crippen molar-refractivity contribution >= 4 is 5.97 Å². The molecule has 0 heterocycles. The van der Waals surface area contributed by atoms with Gasteiger partial charge in [-0.15, -0.1) is 0 Å². The zero-order valence-corrected chi connectivity index (χ0v) is 30.4. The van der Waals surface area contributed by atoms with Gasteiger partial charge in [0, 0.05) is 20.1 Å². The monoisotopic (exact) mass is 681 g/mol. The number of carbonyl (C=O) groups excluding carboxylic acids is 1. The summed E-state index contributed by atoms with van der Waals surface area (Å²) in [4.78, 5) is 14.7. The van der Waals surface area contributed by atoms with Crippen molar-refractivity contribution in [2.75, 3.05) is 33.9 Å². The number of esters is 1. The van der Waals surface area contributed by atoms with Gasteiger partial charge in [0.05, 0.1) is 12.6 Å². The first-order valence-electron chi connectivity index (χ1n) is 18.4. The van der Waals surface area contributed by atoms with E-state index >= 15 is 0 Å².